The van der Waals surface area contributed by atoms with Gasteiger partial charge in [-0.05, 0) is 53.9 Å². The third-order valence-electron chi connectivity index (χ3n) is 7.86. The number of carbonyl (C=O) groups is 4. The number of nitrogens with one attached hydrogen (secondary N) is 1. The number of amides is 3. The molecule has 4 heterocycles. The van der Waals surface area contributed by atoms with E-state index in [0.717, 1.165) is 23.8 Å². The number of ether oxygens (including phenoxy) is 2. The number of carboxylic acid groups (broad SMARTS) is 1. The first kappa shape index (κ1) is 32.8. The molecule has 13 nitrogen and oxygen atoms in total. The topological polar surface area (TPSA) is 156 Å². The van der Waals surface area contributed by atoms with E-state index in [2.05, 4.69) is 15.4 Å². The van der Waals surface area contributed by atoms with Gasteiger partial charge >= 0.3 is 0 Å². The molecule has 47 heavy (non-hydrogen) atoms. The van der Waals surface area contributed by atoms with Gasteiger partial charge in [-0.2, -0.15) is 5.10 Å². The number of aromatic nitrogens is 3. The third kappa shape index (κ3) is 7.62. The molecular formula is C32H32F2N6O7. The minimum atomic E-state index is -0.761. The molecule has 0 radical (unpaired) electrons. The molecule has 2 aliphatic rings. The summed E-state index contributed by atoms with van der Waals surface area (Å²) in [6.45, 7) is 0.403. The van der Waals surface area contributed by atoms with Crippen LogP contribution < -0.4 is 14.8 Å². The van der Waals surface area contributed by atoms with Gasteiger partial charge in [0, 0.05) is 37.8 Å². The van der Waals surface area contributed by atoms with Crippen molar-refractivity contribution in [2.45, 2.75) is 24.8 Å². The lowest BCUT2D eigenvalue weighted by molar-refractivity contribution is -0.130. The monoisotopic (exact) mass is 650 g/mol. The van der Waals surface area contributed by atoms with Gasteiger partial charge in [-0.15, -0.1) is 0 Å². The number of halogens is 2. The Kier molecular flexibility index (Phi) is 10.2. The molecule has 6 rings (SSSR count). The highest BCUT2D eigenvalue weighted by atomic mass is 19.1. The lowest BCUT2D eigenvalue weighted by Crippen LogP contribution is -2.47. The van der Waals surface area contributed by atoms with Crippen LogP contribution >= 0.6 is 0 Å². The molecule has 4 aromatic rings. The maximum absolute atomic E-state index is 13.8. The van der Waals surface area contributed by atoms with Crippen LogP contribution in [0.1, 0.15) is 34.0 Å². The number of hydrogen-bond donors (Lipinski definition) is 2. The first-order chi connectivity index (χ1) is 22.7. The first-order valence-corrected chi connectivity index (χ1v) is 14.7. The van der Waals surface area contributed by atoms with Crippen molar-refractivity contribution in [3.63, 3.8) is 0 Å². The Balaban J connectivity index is 0.00000139. The smallest absolute Gasteiger partial charge is 0.290 e. The summed E-state index contributed by atoms with van der Waals surface area (Å²) < 4.78 is 40.5. The van der Waals surface area contributed by atoms with E-state index >= 15 is 0 Å². The number of fused-ring (bicyclic) bond motifs is 5. The van der Waals surface area contributed by atoms with Crippen LogP contribution in [0.2, 0.25) is 0 Å². The highest BCUT2D eigenvalue weighted by molar-refractivity contribution is 5.95. The number of methoxy groups -OCH3 is 1. The second kappa shape index (κ2) is 14.7. The van der Waals surface area contributed by atoms with Gasteiger partial charge in [0.2, 0.25) is 11.8 Å². The zero-order chi connectivity index (χ0) is 33.5. The summed E-state index contributed by atoms with van der Waals surface area (Å²) in [5.74, 6) is -1.97. The van der Waals surface area contributed by atoms with Crippen molar-refractivity contribution in [1.29, 1.82) is 0 Å². The van der Waals surface area contributed by atoms with Crippen molar-refractivity contribution in [1.82, 2.24) is 29.7 Å². The molecule has 0 saturated carbocycles. The van der Waals surface area contributed by atoms with Crippen LogP contribution in [0, 0.1) is 11.6 Å². The lowest BCUT2D eigenvalue weighted by Gasteiger charge is -2.24. The van der Waals surface area contributed by atoms with E-state index in [4.69, 9.17) is 19.4 Å². The van der Waals surface area contributed by atoms with Gasteiger partial charge in [-0.3, -0.25) is 19.2 Å². The Morgan fingerprint density at radius 3 is 2.64 bits per heavy atom. The summed E-state index contributed by atoms with van der Waals surface area (Å²) in [4.78, 5) is 56.0. The number of nitrogens with zero attached hydrogens (tertiary/aromatic N) is 5. The Morgan fingerprint density at radius 1 is 1.13 bits per heavy atom. The maximum Gasteiger partial charge on any atom is 0.290 e. The summed E-state index contributed by atoms with van der Waals surface area (Å²) in [6.07, 6.45) is 3.21. The molecule has 2 atom stereocenters. The molecule has 1 fully saturated rings. The SMILES string of the molecule is COc1ccc2cc1OCCCN(C(=O)c1cnc3cccnn13)CC(=O)N[C@H]1CN(C(=O)Cc3cc(F)cc(F)c3)C[C@H]21.O=CO. The standard InChI is InChI=1S/C31H30F2N6O5.CH2O2/c1-43-26-6-5-20-13-27(26)44-9-3-8-37(31(42)25-15-34-28-4-2-7-35-39(25)28)18-29(40)36-24-17-38(16-23(20)24)30(41)12-19-10-21(32)14-22(33)11-19;2-1-3/h2,4-7,10-11,13-15,23-24H,3,8-9,12,16-18H2,1H3,(H,36,40);1H,(H,2,3)/t23-,24+;/m1./s1. The number of imidazole rings is 1. The van der Waals surface area contributed by atoms with E-state index in [1.165, 1.54) is 22.7 Å². The molecule has 2 aromatic carbocycles. The van der Waals surface area contributed by atoms with Gasteiger partial charge in [0.15, 0.2) is 22.8 Å². The van der Waals surface area contributed by atoms with Gasteiger partial charge in [0.25, 0.3) is 12.4 Å². The normalized spacial score (nSPS) is 17.9. The van der Waals surface area contributed by atoms with Gasteiger partial charge in [0.1, 0.15) is 11.6 Å². The Hall–Kier alpha value is -5.60. The summed E-state index contributed by atoms with van der Waals surface area (Å²) in [5.41, 5.74) is 1.76. The molecule has 0 aliphatic carbocycles. The Morgan fingerprint density at radius 2 is 1.89 bits per heavy atom. The van der Waals surface area contributed by atoms with Gasteiger partial charge in [-0.25, -0.2) is 18.3 Å². The van der Waals surface area contributed by atoms with Crippen molar-refractivity contribution in [3.05, 3.63) is 89.4 Å². The summed E-state index contributed by atoms with van der Waals surface area (Å²) in [5, 5.41) is 14.1. The predicted molar refractivity (Wildman–Crippen MR) is 162 cm³/mol. The fraction of sp³-hybridized carbons (Fsp3) is 0.312. The summed E-state index contributed by atoms with van der Waals surface area (Å²) in [6, 6.07) is 11.4. The summed E-state index contributed by atoms with van der Waals surface area (Å²) >= 11 is 0. The lowest BCUT2D eigenvalue weighted by atomic mass is 9.94. The van der Waals surface area contributed by atoms with Crippen LogP contribution in [0.3, 0.4) is 0 Å². The maximum atomic E-state index is 13.8. The zero-order valence-electron chi connectivity index (χ0n) is 25.3. The van der Waals surface area contributed by atoms with Crippen molar-refractivity contribution < 1.29 is 42.5 Å². The van der Waals surface area contributed by atoms with Gasteiger partial charge < -0.3 is 29.7 Å². The fourth-order valence-electron chi connectivity index (χ4n) is 5.78. The second-order valence-electron chi connectivity index (χ2n) is 10.9. The molecule has 2 bridgehead atoms. The van der Waals surface area contributed by atoms with Crippen molar-refractivity contribution in [2.24, 2.45) is 0 Å². The number of benzene rings is 2. The first-order valence-electron chi connectivity index (χ1n) is 14.7. The molecule has 0 unspecified atom stereocenters. The molecule has 2 aromatic heterocycles. The van der Waals surface area contributed by atoms with Crippen molar-refractivity contribution >= 4 is 29.8 Å². The average molecular weight is 651 g/mol. The molecule has 1 saturated heterocycles. The van der Waals surface area contributed by atoms with E-state index in [1.807, 2.05) is 12.1 Å². The van der Waals surface area contributed by atoms with E-state index < -0.39 is 29.5 Å². The molecule has 246 valence electrons. The Bertz CT molecular complexity index is 1760. The van der Waals surface area contributed by atoms with E-state index in [0.29, 0.717) is 23.6 Å². The number of likely N-dealkylation sites (tertiary alicyclic amines) is 1. The average Bonchev–Trinajstić information content (AvgIpc) is 3.66. The van der Waals surface area contributed by atoms with Crippen molar-refractivity contribution in [3.8, 4) is 11.5 Å². The minimum Gasteiger partial charge on any atom is -0.493 e. The van der Waals surface area contributed by atoms with Crippen LogP contribution in [0.25, 0.3) is 5.65 Å². The highest BCUT2D eigenvalue weighted by Gasteiger charge is 2.38. The predicted octanol–water partition coefficient (Wildman–Crippen LogP) is 2.30. The van der Waals surface area contributed by atoms with E-state index in [-0.39, 0.29) is 68.8 Å². The molecule has 0 spiro atoms. The quantitative estimate of drug-likeness (QED) is 0.317. The second-order valence-corrected chi connectivity index (χ2v) is 10.9. The Labute approximate surface area is 267 Å². The third-order valence-corrected chi connectivity index (χ3v) is 7.86. The van der Waals surface area contributed by atoms with Gasteiger partial charge in [0.05, 0.1) is 38.9 Å². The fourth-order valence-corrected chi connectivity index (χ4v) is 5.78. The van der Waals surface area contributed by atoms with Crippen molar-refractivity contribution in [2.75, 3.05) is 39.9 Å². The zero-order valence-corrected chi connectivity index (χ0v) is 25.3. The van der Waals surface area contributed by atoms with E-state index in [1.54, 1.807) is 29.3 Å². The van der Waals surface area contributed by atoms with Crippen LogP contribution in [-0.2, 0) is 20.8 Å². The molecular weight excluding hydrogens is 618 g/mol. The van der Waals surface area contributed by atoms with Crippen LogP contribution in [0.5, 0.6) is 11.5 Å². The van der Waals surface area contributed by atoms with E-state index in [9.17, 15) is 23.2 Å². The summed E-state index contributed by atoms with van der Waals surface area (Å²) in [7, 11) is 1.54. The number of carbonyl (C=O) groups excluding carboxylic acids is 3. The van der Waals surface area contributed by atoms with Gasteiger partial charge in [-0.1, -0.05) is 6.07 Å². The van der Waals surface area contributed by atoms with Crippen LogP contribution in [0.4, 0.5) is 8.78 Å². The molecule has 3 amide bonds. The van der Waals surface area contributed by atoms with Crippen LogP contribution in [-0.4, -0.2) is 99.6 Å². The van der Waals surface area contributed by atoms with Crippen LogP contribution in [0.15, 0.2) is 60.9 Å². The minimum absolute atomic E-state index is 0.167. The number of rotatable bonds is 4. The largest absolute Gasteiger partial charge is 0.493 e. The molecule has 2 N–H and O–H groups in total. The molecule has 2 aliphatic heterocycles. The molecule has 15 heteroatoms. The highest BCUT2D eigenvalue weighted by Crippen LogP contribution is 2.35. The number of hydrogen-bond acceptors (Lipinski definition) is 8.